The zero-order chi connectivity index (χ0) is 14.8. The molecule has 0 saturated carbocycles. The molecule has 110 valence electrons. The standard InChI is InChI=1S/C18H23N3/c1-3-20(4-2)17-7-9-18(10-8-17)21-12-14-5-6-16(19)11-15(14)13-21/h5-11H,3-4,12-13,19H2,1-2H3. The van der Waals surface area contributed by atoms with Crippen LogP contribution in [0.15, 0.2) is 42.5 Å². The third-order valence-corrected chi connectivity index (χ3v) is 4.30. The van der Waals surface area contributed by atoms with Crippen LogP contribution < -0.4 is 15.5 Å². The molecule has 1 heterocycles. The van der Waals surface area contributed by atoms with Crippen LogP contribution in [0.25, 0.3) is 0 Å². The summed E-state index contributed by atoms with van der Waals surface area (Å²) >= 11 is 0. The molecule has 3 rings (SSSR count). The van der Waals surface area contributed by atoms with Gasteiger partial charge in [0.15, 0.2) is 0 Å². The van der Waals surface area contributed by atoms with E-state index >= 15 is 0 Å². The van der Waals surface area contributed by atoms with Gasteiger partial charge in [0.25, 0.3) is 0 Å². The number of benzene rings is 2. The van der Waals surface area contributed by atoms with E-state index in [4.69, 9.17) is 5.73 Å². The highest BCUT2D eigenvalue weighted by Crippen LogP contribution is 2.30. The summed E-state index contributed by atoms with van der Waals surface area (Å²) < 4.78 is 0. The number of nitrogen functional groups attached to an aromatic ring is 1. The first-order chi connectivity index (χ1) is 10.2. The minimum atomic E-state index is 0.854. The minimum absolute atomic E-state index is 0.854. The van der Waals surface area contributed by atoms with E-state index in [2.05, 4.69) is 60.0 Å². The molecule has 0 aromatic heterocycles. The van der Waals surface area contributed by atoms with Crippen LogP contribution in [-0.2, 0) is 13.1 Å². The molecule has 0 radical (unpaired) electrons. The van der Waals surface area contributed by atoms with Crippen molar-refractivity contribution in [3.63, 3.8) is 0 Å². The Labute approximate surface area is 127 Å². The van der Waals surface area contributed by atoms with Crippen LogP contribution in [0.2, 0.25) is 0 Å². The Kier molecular flexibility index (Phi) is 3.74. The lowest BCUT2D eigenvalue weighted by Gasteiger charge is -2.23. The molecule has 1 aliphatic heterocycles. The molecule has 0 aliphatic carbocycles. The molecule has 3 nitrogen and oxygen atoms in total. The summed E-state index contributed by atoms with van der Waals surface area (Å²) in [5, 5.41) is 0. The highest BCUT2D eigenvalue weighted by molar-refractivity contribution is 5.59. The van der Waals surface area contributed by atoms with Crippen molar-refractivity contribution in [3.05, 3.63) is 53.6 Å². The molecule has 0 amide bonds. The summed E-state index contributed by atoms with van der Waals surface area (Å²) in [7, 11) is 0. The summed E-state index contributed by atoms with van der Waals surface area (Å²) in [5.41, 5.74) is 12.0. The van der Waals surface area contributed by atoms with Gasteiger partial charge in [-0.05, 0) is 61.4 Å². The number of nitrogens with zero attached hydrogens (tertiary/aromatic N) is 2. The van der Waals surface area contributed by atoms with Crippen molar-refractivity contribution in [3.8, 4) is 0 Å². The fraction of sp³-hybridized carbons (Fsp3) is 0.333. The molecular weight excluding hydrogens is 258 g/mol. The number of nitrogens with two attached hydrogens (primary N) is 1. The molecule has 0 saturated heterocycles. The van der Waals surface area contributed by atoms with E-state index < -0.39 is 0 Å². The Morgan fingerprint density at radius 3 is 2.29 bits per heavy atom. The van der Waals surface area contributed by atoms with E-state index in [9.17, 15) is 0 Å². The van der Waals surface area contributed by atoms with Gasteiger partial charge in [0, 0.05) is 43.2 Å². The number of rotatable bonds is 4. The van der Waals surface area contributed by atoms with Gasteiger partial charge in [-0.3, -0.25) is 0 Å². The lowest BCUT2D eigenvalue weighted by Crippen LogP contribution is -2.22. The van der Waals surface area contributed by atoms with Gasteiger partial charge in [0.05, 0.1) is 0 Å². The van der Waals surface area contributed by atoms with Gasteiger partial charge in [-0.15, -0.1) is 0 Å². The Morgan fingerprint density at radius 2 is 1.62 bits per heavy atom. The molecule has 1 aliphatic rings. The van der Waals surface area contributed by atoms with E-state index in [0.717, 1.165) is 31.9 Å². The molecule has 0 atom stereocenters. The molecule has 0 fully saturated rings. The molecule has 2 N–H and O–H groups in total. The Bertz CT molecular complexity index is 615. The lowest BCUT2D eigenvalue weighted by atomic mass is 10.1. The predicted octanol–water partition coefficient (Wildman–Crippen LogP) is 3.64. The average molecular weight is 281 g/mol. The van der Waals surface area contributed by atoms with Gasteiger partial charge >= 0.3 is 0 Å². The van der Waals surface area contributed by atoms with Gasteiger partial charge in [0.1, 0.15) is 0 Å². The molecule has 21 heavy (non-hydrogen) atoms. The van der Waals surface area contributed by atoms with Crippen LogP contribution in [-0.4, -0.2) is 13.1 Å². The van der Waals surface area contributed by atoms with Gasteiger partial charge < -0.3 is 15.5 Å². The summed E-state index contributed by atoms with van der Waals surface area (Å²) in [6.45, 7) is 8.40. The van der Waals surface area contributed by atoms with Crippen molar-refractivity contribution < 1.29 is 0 Å². The van der Waals surface area contributed by atoms with Gasteiger partial charge in [-0.1, -0.05) is 6.07 Å². The summed E-state index contributed by atoms with van der Waals surface area (Å²) in [4.78, 5) is 4.76. The summed E-state index contributed by atoms with van der Waals surface area (Å²) in [6, 6.07) is 15.1. The zero-order valence-corrected chi connectivity index (χ0v) is 12.8. The topological polar surface area (TPSA) is 32.5 Å². The third-order valence-electron chi connectivity index (χ3n) is 4.30. The number of hydrogen-bond donors (Lipinski definition) is 1. The summed E-state index contributed by atoms with van der Waals surface area (Å²) in [6.07, 6.45) is 0. The van der Waals surface area contributed by atoms with E-state index in [1.807, 2.05) is 6.07 Å². The maximum absolute atomic E-state index is 5.87. The van der Waals surface area contributed by atoms with Crippen LogP contribution in [0.4, 0.5) is 17.1 Å². The van der Waals surface area contributed by atoms with Crippen molar-refractivity contribution in [2.24, 2.45) is 0 Å². The molecule has 0 unspecified atom stereocenters. The maximum Gasteiger partial charge on any atom is 0.0437 e. The second kappa shape index (κ2) is 5.68. The predicted molar refractivity (Wildman–Crippen MR) is 90.7 cm³/mol. The van der Waals surface area contributed by atoms with Gasteiger partial charge in [-0.25, -0.2) is 0 Å². The van der Waals surface area contributed by atoms with Crippen LogP contribution in [0, 0.1) is 0 Å². The highest BCUT2D eigenvalue weighted by atomic mass is 15.1. The van der Waals surface area contributed by atoms with Crippen LogP contribution in [0.5, 0.6) is 0 Å². The second-order valence-electron chi connectivity index (χ2n) is 5.57. The molecule has 0 bridgehead atoms. The van der Waals surface area contributed by atoms with Crippen molar-refractivity contribution in [2.75, 3.05) is 28.6 Å². The second-order valence-corrected chi connectivity index (χ2v) is 5.57. The van der Waals surface area contributed by atoms with Gasteiger partial charge in [-0.2, -0.15) is 0 Å². The van der Waals surface area contributed by atoms with Crippen LogP contribution in [0.3, 0.4) is 0 Å². The number of fused-ring (bicyclic) bond motifs is 1. The molecular formula is C18H23N3. The fourth-order valence-corrected chi connectivity index (χ4v) is 3.06. The maximum atomic E-state index is 5.87. The fourth-order valence-electron chi connectivity index (χ4n) is 3.06. The lowest BCUT2D eigenvalue weighted by molar-refractivity contribution is 0.861. The SMILES string of the molecule is CCN(CC)c1ccc(N2Cc3ccc(N)cc3C2)cc1. The monoisotopic (exact) mass is 281 g/mol. The van der Waals surface area contributed by atoms with E-state index in [-0.39, 0.29) is 0 Å². The van der Waals surface area contributed by atoms with E-state index in [1.165, 1.54) is 22.5 Å². The first-order valence-electron chi connectivity index (χ1n) is 7.68. The molecule has 2 aromatic rings. The number of hydrogen-bond acceptors (Lipinski definition) is 3. The Balaban J connectivity index is 1.77. The van der Waals surface area contributed by atoms with Crippen LogP contribution >= 0.6 is 0 Å². The minimum Gasteiger partial charge on any atom is -0.399 e. The average Bonchev–Trinajstić information content (AvgIpc) is 2.92. The van der Waals surface area contributed by atoms with E-state index in [0.29, 0.717) is 0 Å². The van der Waals surface area contributed by atoms with Crippen molar-refractivity contribution >= 4 is 17.1 Å². The Morgan fingerprint density at radius 1 is 0.952 bits per heavy atom. The normalized spacial score (nSPS) is 13.3. The molecule has 0 spiro atoms. The quantitative estimate of drug-likeness (QED) is 0.869. The van der Waals surface area contributed by atoms with Crippen LogP contribution in [0.1, 0.15) is 25.0 Å². The zero-order valence-electron chi connectivity index (χ0n) is 12.8. The van der Waals surface area contributed by atoms with Crippen molar-refractivity contribution in [2.45, 2.75) is 26.9 Å². The largest absolute Gasteiger partial charge is 0.399 e. The number of anilines is 3. The summed E-state index contributed by atoms with van der Waals surface area (Å²) in [5.74, 6) is 0. The van der Waals surface area contributed by atoms with E-state index in [1.54, 1.807) is 0 Å². The van der Waals surface area contributed by atoms with Crippen molar-refractivity contribution in [1.82, 2.24) is 0 Å². The third kappa shape index (κ3) is 2.68. The first-order valence-corrected chi connectivity index (χ1v) is 7.68. The highest BCUT2D eigenvalue weighted by Gasteiger charge is 2.19. The molecule has 2 aromatic carbocycles. The first kappa shape index (κ1) is 13.8. The van der Waals surface area contributed by atoms with Gasteiger partial charge in [0.2, 0.25) is 0 Å². The van der Waals surface area contributed by atoms with Crippen molar-refractivity contribution in [1.29, 1.82) is 0 Å². The smallest absolute Gasteiger partial charge is 0.0437 e. The Hall–Kier alpha value is -2.16. The molecule has 3 heteroatoms.